The van der Waals surface area contributed by atoms with Crippen LogP contribution in [-0.2, 0) is 9.31 Å². The Morgan fingerprint density at radius 1 is 1.00 bits per heavy atom. The summed E-state index contributed by atoms with van der Waals surface area (Å²) in [6.45, 7) is 9.49. The SMILES string of the molecule is CC1(C)OB(c2cccc(OCC3COc4ccccc43)c2)OC1(C)C. The van der Waals surface area contributed by atoms with Gasteiger partial charge in [-0.1, -0.05) is 30.3 Å². The Bertz CT molecular complexity index is 786. The molecule has 136 valence electrons. The Kier molecular flexibility index (Phi) is 4.24. The van der Waals surface area contributed by atoms with E-state index >= 15 is 0 Å². The molecule has 0 bridgehead atoms. The topological polar surface area (TPSA) is 36.9 Å². The van der Waals surface area contributed by atoms with Gasteiger partial charge in [-0.05, 0) is 51.4 Å². The monoisotopic (exact) mass is 352 g/mol. The first-order chi connectivity index (χ1) is 12.4. The molecule has 2 aliphatic rings. The van der Waals surface area contributed by atoms with Crippen molar-refractivity contribution >= 4 is 12.6 Å². The Balaban J connectivity index is 1.44. The second-order valence-electron chi connectivity index (χ2n) is 8.02. The number of rotatable bonds is 4. The summed E-state index contributed by atoms with van der Waals surface area (Å²) in [6.07, 6.45) is 0. The second kappa shape index (κ2) is 6.32. The molecule has 26 heavy (non-hydrogen) atoms. The lowest BCUT2D eigenvalue weighted by atomic mass is 9.79. The zero-order valence-electron chi connectivity index (χ0n) is 15.8. The molecule has 2 aromatic carbocycles. The minimum atomic E-state index is -0.376. The zero-order valence-corrected chi connectivity index (χ0v) is 15.8. The molecule has 0 spiro atoms. The smallest absolute Gasteiger partial charge is 0.493 e. The number of hydrogen-bond acceptors (Lipinski definition) is 4. The molecule has 1 fully saturated rings. The summed E-state index contributed by atoms with van der Waals surface area (Å²) in [4.78, 5) is 0. The van der Waals surface area contributed by atoms with Crippen molar-refractivity contribution in [2.45, 2.75) is 44.8 Å². The maximum Gasteiger partial charge on any atom is 0.494 e. The van der Waals surface area contributed by atoms with Crippen molar-refractivity contribution in [2.24, 2.45) is 0 Å². The summed E-state index contributed by atoms with van der Waals surface area (Å²) in [7, 11) is -0.376. The van der Waals surface area contributed by atoms with Crippen LogP contribution in [0.2, 0.25) is 0 Å². The van der Waals surface area contributed by atoms with Crippen LogP contribution in [0.1, 0.15) is 39.2 Å². The van der Waals surface area contributed by atoms with E-state index in [1.807, 2.05) is 42.5 Å². The Morgan fingerprint density at radius 3 is 2.50 bits per heavy atom. The van der Waals surface area contributed by atoms with E-state index in [-0.39, 0.29) is 24.2 Å². The lowest BCUT2D eigenvalue weighted by molar-refractivity contribution is 0.00578. The van der Waals surface area contributed by atoms with E-state index in [1.165, 1.54) is 5.56 Å². The fourth-order valence-corrected chi connectivity index (χ4v) is 3.29. The molecule has 0 radical (unpaired) electrons. The van der Waals surface area contributed by atoms with Gasteiger partial charge in [0.25, 0.3) is 0 Å². The van der Waals surface area contributed by atoms with Gasteiger partial charge in [0.2, 0.25) is 0 Å². The largest absolute Gasteiger partial charge is 0.494 e. The minimum Gasteiger partial charge on any atom is -0.493 e. The minimum absolute atomic E-state index is 0.256. The van der Waals surface area contributed by atoms with E-state index in [4.69, 9.17) is 18.8 Å². The van der Waals surface area contributed by atoms with Crippen molar-refractivity contribution in [3.63, 3.8) is 0 Å². The van der Waals surface area contributed by atoms with Crippen LogP contribution in [0.15, 0.2) is 48.5 Å². The summed E-state index contributed by atoms with van der Waals surface area (Å²) in [5.41, 5.74) is 1.50. The summed E-state index contributed by atoms with van der Waals surface area (Å²) in [5, 5.41) is 0. The van der Waals surface area contributed by atoms with Gasteiger partial charge in [-0.15, -0.1) is 0 Å². The highest BCUT2D eigenvalue weighted by molar-refractivity contribution is 6.62. The molecule has 0 amide bonds. The van der Waals surface area contributed by atoms with E-state index < -0.39 is 0 Å². The molecule has 4 rings (SSSR count). The van der Waals surface area contributed by atoms with Crippen LogP contribution in [0, 0.1) is 0 Å². The summed E-state index contributed by atoms with van der Waals surface area (Å²) >= 11 is 0. The molecule has 0 N–H and O–H groups in total. The van der Waals surface area contributed by atoms with E-state index in [2.05, 4.69) is 33.8 Å². The highest BCUT2D eigenvalue weighted by Crippen LogP contribution is 2.37. The van der Waals surface area contributed by atoms with Crippen molar-refractivity contribution in [2.75, 3.05) is 13.2 Å². The van der Waals surface area contributed by atoms with Gasteiger partial charge in [-0.25, -0.2) is 0 Å². The first kappa shape index (κ1) is 17.4. The molecular formula is C21H25BO4. The number of fused-ring (bicyclic) bond motifs is 1. The zero-order chi connectivity index (χ0) is 18.4. The first-order valence-corrected chi connectivity index (χ1v) is 9.16. The van der Waals surface area contributed by atoms with Crippen LogP contribution >= 0.6 is 0 Å². The average Bonchev–Trinajstić information content (AvgIpc) is 3.11. The maximum absolute atomic E-state index is 6.13. The average molecular weight is 352 g/mol. The van der Waals surface area contributed by atoms with E-state index in [0.29, 0.717) is 13.2 Å². The summed E-state index contributed by atoms with van der Waals surface area (Å²) < 4.78 is 24.1. The molecule has 2 aliphatic heterocycles. The number of hydrogen-bond donors (Lipinski definition) is 0. The Hall–Kier alpha value is -1.98. The van der Waals surface area contributed by atoms with Gasteiger partial charge < -0.3 is 18.8 Å². The van der Waals surface area contributed by atoms with Crippen molar-refractivity contribution < 1.29 is 18.8 Å². The molecule has 2 heterocycles. The Morgan fingerprint density at radius 2 is 1.73 bits per heavy atom. The predicted octanol–water partition coefficient (Wildman–Crippen LogP) is 3.54. The summed E-state index contributed by atoms with van der Waals surface area (Å²) in [5.74, 6) is 2.04. The lowest BCUT2D eigenvalue weighted by Gasteiger charge is -2.32. The number of ether oxygens (including phenoxy) is 2. The van der Waals surface area contributed by atoms with Crippen LogP contribution in [0.4, 0.5) is 0 Å². The third-order valence-corrected chi connectivity index (χ3v) is 5.63. The van der Waals surface area contributed by atoms with Gasteiger partial charge in [0.1, 0.15) is 11.5 Å². The first-order valence-electron chi connectivity index (χ1n) is 9.16. The molecule has 0 saturated carbocycles. The van der Waals surface area contributed by atoms with Gasteiger partial charge in [0.15, 0.2) is 0 Å². The fourth-order valence-electron chi connectivity index (χ4n) is 3.29. The van der Waals surface area contributed by atoms with Crippen LogP contribution < -0.4 is 14.9 Å². The van der Waals surface area contributed by atoms with Crippen LogP contribution in [0.5, 0.6) is 11.5 Å². The van der Waals surface area contributed by atoms with Gasteiger partial charge in [0, 0.05) is 5.56 Å². The summed E-state index contributed by atoms with van der Waals surface area (Å²) in [6, 6.07) is 16.1. The molecule has 0 aromatic heterocycles. The van der Waals surface area contributed by atoms with Gasteiger partial charge in [-0.3, -0.25) is 0 Å². The standard InChI is InChI=1S/C21H25BO4/c1-20(2)21(3,4)26-22(25-20)16-8-7-9-17(12-16)23-13-15-14-24-19-11-6-5-10-18(15)19/h5-12,15H,13-14H2,1-4H3. The van der Waals surface area contributed by atoms with Crippen molar-refractivity contribution in [3.05, 3.63) is 54.1 Å². The molecule has 1 unspecified atom stereocenters. The number of benzene rings is 2. The molecule has 5 heteroatoms. The maximum atomic E-state index is 6.13. The van der Waals surface area contributed by atoms with Gasteiger partial charge in [0.05, 0.1) is 30.3 Å². The van der Waals surface area contributed by atoms with E-state index in [1.54, 1.807) is 0 Å². The van der Waals surface area contributed by atoms with Crippen LogP contribution in [-0.4, -0.2) is 31.5 Å². The molecule has 4 nitrogen and oxygen atoms in total. The third-order valence-electron chi connectivity index (χ3n) is 5.63. The number of para-hydroxylation sites is 1. The molecular weight excluding hydrogens is 327 g/mol. The normalized spacial score (nSPS) is 22.8. The second-order valence-corrected chi connectivity index (χ2v) is 8.02. The third kappa shape index (κ3) is 3.10. The molecule has 0 aliphatic carbocycles. The van der Waals surface area contributed by atoms with Gasteiger partial charge in [-0.2, -0.15) is 0 Å². The lowest BCUT2D eigenvalue weighted by Crippen LogP contribution is -2.41. The highest BCUT2D eigenvalue weighted by atomic mass is 16.7. The Labute approximate surface area is 155 Å². The fraction of sp³-hybridized carbons (Fsp3) is 0.429. The quantitative estimate of drug-likeness (QED) is 0.789. The predicted molar refractivity (Wildman–Crippen MR) is 102 cm³/mol. The van der Waals surface area contributed by atoms with Crippen molar-refractivity contribution in [3.8, 4) is 11.5 Å². The molecule has 1 saturated heterocycles. The van der Waals surface area contributed by atoms with E-state index in [9.17, 15) is 0 Å². The molecule has 1 atom stereocenters. The van der Waals surface area contributed by atoms with Crippen LogP contribution in [0.25, 0.3) is 0 Å². The molecule has 2 aromatic rings. The highest BCUT2D eigenvalue weighted by Gasteiger charge is 2.51. The van der Waals surface area contributed by atoms with Crippen molar-refractivity contribution in [1.29, 1.82) is 0 Å². The van der Waals surface area contributed by atoms with Crippen LogP contribution in [0.3, 0.4) is 0 Å². The van der Waals surface area contributed by atoms with E-state index in [0.717, 1.165) is 17.0 Å². The van der Waals surface area contributed by atoms with Gasteiger partial charge >= 0.3 is 7.12 Å². The van der Waals surface area contributed by atoms with Crippen molar-refractivity contribution in [1.82, 2.24) is 0 Å².